The zero-order valence-corrected chi connectivity index (χ0v) is 18.1. The van der Waals surface area contributed by atoms with Gasteiger partial charge in [-0.15, -0.1) is 0 Å². The van der Waals surface area contributed by atoms with Crippen LogP contribution in [0, 0.1) is 17.0 Å². The summed E-state index contributed by atoms with van der Waals surface area (Å²) >= 11 is 11.4. The van der Waals surface area contributed by atoms with E-state index in [2.05, 4.69) is 5.32 Å². The van der Waals surface area contributed by atoms with Crippen molar-refractivity contribution in [1.29, 1.82) is 0 Å². The largest absolute Gasteiger partial charge is 0.457 e. The van der Waals surface area contributed by atoms with Crippen molar-refractivity contribution in [1.82, 2.24) is 5.32 Å². The number of carbonyl (C=O) groups excluding carboxylic acids is 2. The number of rotatable bonds is 4. The molecule has 2 amide bonds. The van der Waals surface area contributed by atoms with Crippen LogP contribution in [-0.4, -0.2) is 21.9 Å². The number of nitro benzene ring substituents is 1. The van der Waals surface area contributed by atoms with E-state index < -0.39 is 16.7 Å². The Bertz CT molecular complexity index is 1330. The Kier molecular flexibility index (Phi) is 5.60. The number of hydrogen-bond acceptors (Lipinski definition) is 6. The third-order valence-electron chi connectivity index (χ3n) is 4.84. The van der Waals surface area contributed by atoms with Crippen LogP contribution in [0.15, 0.2) is 64.6 Å². The van der Waals surface area contributed by atoms with E-state index in [1.807, 2.05) is 0 Å². The zero-order chi connectivity index (χ0) is 23.0. The van der Waals surface area contributed by atoms with Gasteiger partial charge in [0.25, 0.3) is 17.5 Å². The fraction of sp³-hybridized carbons (Fsp3) is 0.0455. The summed E-state index contributed by atoms with van der Waals surface area (Å²) in [7, 11) is 0. The topological polar surface area (TPSA) is 106 Å². The molecule has 1 N–H and O–H groups in total. The number of nitrogens with zero attached hydrogens (tertiary/aromatic N) is 2. The van der Waals surface area contributed by atoms with Gasteiger partial charge >= 0.3 is 0 Å². The molecule has 2 aromatic carbocycles. The maximum Gasteiger partial charge on any atom is 0.270 e. The first-order valence-electron chi connectivity index (χ1n) is 9.27. The Balaban J connectivity index is 1.69. The van der Waals surface area contributed by atoms with Crippen molar-refractivity contribution >= 4 is 58.2 Å². The smallest absolute Gasteiger partial charge is 0.270 e. The van der Waals surface area contributed by atoms with Gasteiger partial charge in [0.2, 0.25) is 0 Å². The van der Waals surface area contributed by atoms with Crippen LogP contribution in [0.25, 0.3) is 17.4 Å². The van der Waals surface area contributed by atoms with Crippen LogP contribution in [0.4, 0.5) is 11.4 Å². The number of thiocarbonyl (C=S) groups is 1. The lowest BCUT2D eigenvalue weighted by molar-refractivity contribution is -0.384. The lowest BCUT2D eigenvalue weighted by Crippen LogP contribution is -2.54. The molecule has 1 aromatic heterocycles. The van der Waals surface area contributed by atoms with Crippen molar-refractivity contribution in [2.75, 3.05) is 4.90 Å². The highest BCUT2D eigenvalue weighted by Gasteiger charge is 2.35. The molecule has 8 nitrogen and oxygen atoms in total. The lowest BCUT2D eigenvalue weighted by atomic mass is 10.1. The van der Waals surface area contributed by atoms with E-state index in [4.69, 9.17) is 28.2 Å². The highest BCUT2D eigenvalue weighted by molar-refractivity contribution is 7.80. The Morgan fingerprint density at radius 3 is 2.66 bits per heavy atom. The zero-order valence-electron chi connectivity index (χ0n) is 16.5. The molecule has 0 saturated carbocycles. The number of carbonyl (C=O) groups is 2. The molecular formula is C22H14ClN3O5S. The van der Waals surface area contributed by atoms with Crippen LogP contribution in [0.5, 0.6) is 0 Å². The molecule has 4 rings (SSSR count). The van der Waals surface area contributed by atoms with Gasteiger partial charge in [-0.05, 0) is 55.0 Å². The number of furan rings is 1. The summed E-state index contributed by atoms with van der Waals surface area (Å²) in [5.41, 5.74) is 1.31. The predicted molar refractivity (Wildman–Crippen MR) is 123 cm³/mol. The highest BCUT2D eigenvalue weighted by Crippen LogP contribution is 2.31. The van der Waals surface area contributed by atoms with Gasteiger partial charge in [0.15, 0.2) is 5.11 Å². The first kappa shape index (κ1) is 21.4. The normalized spacial score (nSPS) is 15.2. The Labute approximate surface area is 192 Å². The van der Waals surface area contributed by atoms with E-state index in [0.29, 0.717) is 27.6 Å². The second kappa shape index (κ2) is 8.37. The first-order chi connectivity index (χ1) is 15.3. The summed E-state index contributed by atoms with van der Waals surface area (Å²) in [5, 5.41) is 13.9. The molecule has 0 radical (unpaired) electrons. The van der Waals surface area contributed by atoms with Gasteiger partial charge in [-0.1, -0.05) is 29.8 Å². The molecule has 1 aliphatic heterocycles. The van der Waals surface area contributed by atoms with Crippen molar-refractivity contribution in [3.8, 4) is 11.3 Å². The van der Waals surface area contributed by atoms with Crippen LogP contribution < -0.4 is 10.2 Å². The van der Waals surface area contributed by atoms with Crippen LogP contribution in [-0.2, 0) is 9.59 Å². The van der Waals surface area contributed by atoms with E-state index in [1.54, 1.807) is 49.4 Å². The fourth-order valence-electron chi connectivity index (χ4n) is 3.22. The van der Waals surface area contributed by atoms with Gasteiger partial charge in [-0.25, -0.2) is 0 Å². The summed E-state index contributed by atoms with van der Waals surface area (Å²) in [6.45, 7) is 1.74. The minimum Gasteiger partial charge on any atom is -0.457 e. The monoisotopic (exact) mass is 467 g/mol. The molecule has 3 aromatic rings. The number of amides is 2. The molecule has 0 atom stereocenters. The molecule has 160 valence electrons. The molecule has 10 heteroatoms. The number of halogens is 1. The number of nitro groups is 1. The molecule has 0 aliphatic carbocycles. The Morgan fingerprint density at radius 2 is 1.91 bits per heavy atom. The third-order valence-corrected chi connectivity index (χ3v) is 5.53. The second-order valence-electron chi connectivity index (χ2n) is 6.85. The average Bonchev–Trinajstić information content (AvgIpc) is 3.23. The SMILES string of the molecule is Cc1c(Cl)cccc1N1C(=O)/C(=C/c2ccc(-c3cccc([N+](=O)[O-])c3)o2)C(=O)NC1=S. The van der Waals surface area contributed by atoms with E-state index in [9.17, 15) is 19.7 Å². The van der Waals surface area contributed by atoms with Crippen molar-refractivity contribution < 1.29 is 18.9 Å². The van der Waals surface area contributed by atoms with Crippen LogP contribution >= 0.6 is 23.8 Å². The quantitative estimate of drug-likeness (QED) is 0.197. The molecule has 1 saturated heterocycles. The summed E-state index contributed by atoms with van der Waals surface area (Å²) in [5.74, 6) is -0.718. The molecule has 2 heterocycles. The average molecular weight is 468 g/mol. The molecule has 1 fully saturated rings. The van der Waals surface area contributed by atoms with Crippen molar-refractivity contribution in [2.45, 2.75) is 6.92 Å². The molecular weight excluding hydrogens is 454 g/mol. The maximum absolute atomic E-state index is 13.2. The number of benzene rings is 2. The highest BCUT2D eigenvalue weighted by atomic mass is 35.5. The van der Waals surface area contributed by atoms with Gasteiger partial charge in [0, 0.05) is 22.7 Å². The molecule has 32 heavy (non-hydrogen) atoms. The van der Waals surface area contributed by atoms with Gasteiger partial charge < -0.3 is 4.42 Å². The summed E-state index contributed by atoms with van der Waals surface area (Å²) in [4.78, 5) is 37.4. The molecule has 0 spiro atoms. The minimum absolute atomic E-state index is 0.0563. The summed E-state index contributed by atoms with van der Waals surface area (Å²) in [6.07, 6.45) is 1.30. The van der Waals surface area contributed by atoms with Crippen LogP contribution in [0.1, 0.15) is 11.3 Å². The standard InChI is InChI=1S/C22H14ClN3O5S/c1-12-17(23)6-3-7-18(12)25-21(28)16(20(27)24-22(25)32)11-15-8-9-19(31-15)13-4-2-5-14(10-13)26(29)30/h2-11H,1H3,(H,24,27,32)/b16-11+. The summed E-state index contributed by atoms with van der Waals surface area (Å²) < 4.78 is 5.71. The van der Waals surface area contributed by atoms with Gasteiger partial charge in [0.1, 0.15) is 17.1 Å². The van der Waals surface area contributed by atoms with Crippen LogP contribution in [0.2, 0.25) is 5.02 Å². The Morgan fingerprint density at radius 1 is 1.16 bits per heavy atom. The Hall–Kier alpha value is -3.82. The van der Waals surface area contributed by atoms with E-state index in [-0.39, 0.29) is 22.1 Å². The van der Waals surface area contributed by atoms with Crippen molar-refractivity contribution in [2.24, 2.45) is 0 Å². The first-order valence-corrected chi connectivity index (χ1v) is 10.1. The van der Waals surface area contributed by atoms with E-state index in [0.717, 1.165) is 0 Å². The van der Waals surface area contributed by atoms with Gasteiger partial charge in [-0.3, -0.25) is 29.9 Å². The number of nitrogens with one attached hydrogen (secondary N) is 1. The van der Waals surface area contributed by atoms with Gasteiger partial charge in [0.05, 0.1) is 10.6 Å². The van der Waals surface area contributed by atoms with Gasteiger partial charge in [-0.2, -0.15) is 0 Å². The fourth-order valence-corrected chi connectivity index (χ4v) is 3.66. The molecule has 1 aliphatic rings. The minimum atomic E-state index is -0.663. The second-order valence-corrected chi connectivity index (χ2v) is 7.65. The maximum atomic E-state index is 13.2. The van der Waals surface area contributed by atoms with E-state index >= 15 is 0 Å². The number of anilines is 1. The molecule has 0 bridgehead atoms. The summed E-state index contributed by atoms with van der Waals surface area (Å²) in [6, 6.07) is 14.1. The van der Waals surface area contributed by atoms with E-state index in [1.165, 1.54) is 23.1 Å². The molecule has 0 unspecified atom stereocenters. The van der Waals surface area contributed by atoms with Crippen molar-refractivity contribution in [3.05, 3.63) is 86.6 Å². The predicted octanol–water partition coefficient (Wildman–Crippen LogP) is 4.65. The number of hydrogen-bond donors (Lipinski definition) is 1. The lowest BCUT2D eigenvalue weighted by Gasteiger charge is -2.30. The van der Waals surface area contributed by atoms with Crippen LogP contribution in [0.3, 0.4) is 0 Å². The van der Waals surface area contributed by atoms with Crippen molar-refractivity contribution in [3.63, 3.8) is 0 Å². The number of non-ortho nitro benzene ring substituents is 1. The third kappa shape index (κ3) is 3.91.